The van der Waals surface area contributed by atoms with E-state index in [1.165, 1.54) is 12.1 Å². The van der Waals surface area contributed by atoms with Gasteiger partial charge in [0.15, 0.2) is 0 Å². The summed E-state index contributed by atoms with van der Waals surface area (Å²) in [5.74, 6) is 0.471. The minimum absolute atomic E-state index is 0.0418. The van der Waals surface area contributed by atoms with Crippen LogP contribution in [0.5, 0.6) is 0 Å². The van der Waals surface area contributed by atoms with Crippen molar-refractivity contribution in [3.8, 4) is 0 Å². The van der Waals surface area contributed by atoms with Crippen molar-refractivity contribution in [2.75, 3.05) is 6.54 Å². The van der Waals surface area contributed by atoms with E-state index >= 15 is 0 Å². The molecule has 1 saturated carbocycles. The fraction of sp³-hybridized carbons (Fsp3) is 0.538. The lowest BCUT2D eigenvalue weighted by Crippen LogP contribution is -2.37. The Labute approximate surface area is 128 Å². The lowest BCUT2D eigenvalue weighted by atomic mass is 10.1. The standard InChI is InChI=1S/C13H15Cl2NO3S/c14-11-5-12(15)13(4-9(11)7-17)20(18,19)16-6-8-1-2-10(16)3-8/h4-5,8,10,17H,1-3,6-7H2. The van der Waals surface area contributed by atoms with Crippen molar-refractivity contribution in [3.63, 3.8) is 0 Å². The van der Waals surface area contributed by atoms with Gasteiger partial charge in [-0.1, -0.05) is 23.2 Å². The van der Waals surface area contributed by atoms with Crippen LogP contribution in [-0.2, 0) is 16.6 Å². The van der Waals surface area contributed by atoms with E-state index in [1.54, 1.807) is 4.31 Å². The van der Waals surface area contributed by atoms with E-state index in [0.717, 1.165) is 19.3 Å². The molecule has 1 N–H and O–H groups in total. The molecule has 20 heavy (non-hydrogen) atoms. The molecule has 1 heterocycles. The van der Waals surface area contributed by atoms with Crippen LogP contribution in [-0.4, -0.2) is 30.4 Å². The molecule has 0 aromatic heterocycles. The predicted octanol–water partition coefficient (Wildman–Crippen LogP) is 2.66. The number of sulfonamides is 1. The van der Waals surface area contributed by atoms with Crippen molar-refractivity contribution in [1.82, 2.24) is 4.31 Å². The minimum atomic E-state index is -3.62. The second kappa shape index (κ2) is 5.14. The van der Waals surface area contributed by atoms with E-state index < -0.39 is 10.0 Å². The predicted molar refractivity (Wildman–Crippen MR) is 77.4 cm³/mol. The highest BCUT2D eigenvalue weighted by Crippen LogP contribution is 2.42. The molecule has 1 aliphatic carbocycles. The van der Waals surface area contributed by atoms with Crippen molar-refractivity contribution in [2.24, 2.45) is 5.92 Å². The van der Waals surface area contributed by atoms with Gasteiger partial charge in [0, 0.05) is 17.6 Å². The number of hydrogen-bond acceptors (Lipinski definition) is 3. The summed E-state index contributed by atoms with van der Waals surface area (Å²) in [4.78, 5) is 0.0418. The number of piperidine rings is 1. The highest BCUT2D eigenvalue weighted by Gasteiger charge is 2.44. The van der Waals surface area contributed by atoms with Crippen molar-refractivity contribution in [2.45, 2.75) is 36.8 Å². The van der Waals surface area contributed by atoms with Crippen LogP contribution in [0, 0.1) is 5.92 Å². The smallest absolute Gasteiger partial charge is 0.244 e. The van der Waals surface area contributed by atoms with Gasteiger partial charge in [-0.25, -0.2) is 8.42 Å². The topological polar surface area (TPSA) is 57.6 Å². The van der Waals surface area contributed by atoms with Gasteiger partial charge in [0.2, 0.25) is 10.0 Å². The van der Waals surface area contributed by atoms with Crippen molar-refractivity contribution in [3.05, 3.63) is 27.7 Å². The zero-order chi connectivity index (χ0) is 14.5. The zero-order valence-corrected chi connectivity index (χ0v) is 13.0. The lowest BCUT2D eigenvalue weighted by molar-refractivity contribution is 0.281. The molecule has 2 atom stereocenters. The van der Waals surface area contributed by atoms with Crippen LogP contribution in [0.2, 0.25) is 10.0 Å². The first-order valence-corrected chi connectivity index (χ1v) is 8.73. The van der Waals surface area contributed by atoms with E-state index in [1.807, 2.05) is 0 Å². The van der Waals surface area contributed by atoms with Crippen molar-refractivity contribution >= 4 is 33.2 Å². The zero-order valence-electron chi connectivity index (χ0n) is 10.7. The molecule has 4 nitrogen and oxygen atoms in total. The van der Waals surface area contributed by atoms with Gasteiger partial charge in [-0.15, -0.1) is 0 Å². The number of benzene rings is 1. The molecule has 0 spiro atoms. The molecule has 1 saturated heterocycles. The molecule has 0 amide bonds. The van der Waals surface area contributed by atoms with Crippen LogP contribution in [0.4, 0.5) is 0 Å². The Morgan fingerprint density at radius 1 is 1.25 bits per heavy atom. The summed E-state index contributed by atoms with van der Waals surface area (Å²) in [6.45, 7) is 0.255. The van der Waals surface area contributed by atoms with Crippen LogP contribution in [0.25, 0.3) is 0 Å². The summed E-state index contributed by atoms with van der Waals surface area (Å²) in [6, 6.07) is 2.86. The fourth-order valence-electron chi connectivity index (χ4n) is 3.19. The maximum absolute atomic E-state index is 12.7. The molecule has 1 aromatic carbocycles. The second-order valence-electron chi connectivity index (χ2n) is 5.44. The SMILES string of the molecule is O=S(=O)(c1cc(CO)c(Cl)cc1Cl)N1CC2CCC1C2. The van der Waals surface area contributed by atoms with E-state index in [-0.39, 0.29) is 27.6 Å². The fourth-order valence-corrected chi connectivity index (χ4v) is 5.77. The van der Waals surface area contributed by atoms with Crippen LogP contribution in [0.15, 0.2) is 17.0 Å². The van der Waals surface area contributed by atoms with E-state index in [0.29, 0.717) is 18.0 Å². The Morgan fingerprint density at radius 3 is 2.55 bits per heavy atom. The Kier molecular flexibility index (Phi) is 3.75. The normalized spacial score (nSPS) is 26.4. The summed E-state index contributed by atoms with van der Waals surface area (Å²) in [5.41, 5.74) is 0.374. The molecule has 1 aliphatic heterocycles. The molecule has 2 aliphatic rings. The molecule has 3 rings (SSSR count). The quantitative estimate of drug-likeness (QED) is 0.923. The Hall–Kier alpha value is -0.330. The molecule has 2 fully saturated rings. The van der Waals surface area contributed by atoms with Gasteiger partial charge in [0.05, 0.1) is 11.6 Å². The third-order valence-electron chi connectivity index (χ3n) is 4.22. The maximum atomic E-state index is 12.7. The van der Waals surface area contributed by atoms with Gasteiger partial charge >= 0.3 is 0 Å². The van der Waals surface area contributed by atoms with Crippen LogP contribution >= 0.6 is 23.2 Å². The molecule has 2 bridgehead atoms. The molecule has 2 unspecified atom stereocenters. The molecule has 7 heteroatoms. The molecule has 1 aromatic rings. The summed E-state index contributed by atoms with van der Waals surface area (Å²) in [6.07, 6.45) is 2.96. The number of fused-ring (bicyclic) bond motifs is 2. The van der Waals surface area contributed by atoms with E-state index in [2.05, 4.69) is 0 Å². The first kappa shape index (κ1) is 14.6. The van der Waals surface area contributed by atoms with E-state index in [9.17, 15) is 13.5 Å². The summed E-state index contributed by atoms with van der Waals surface area (Å²) >= 11 is 12.0. The Morgan fingerprint density at radius 2 is 2.00 bits per heavy atom. The van der Waals surface area contributed by atoms with Crippen LogP contribution in [0.3, 0.4) is 0 Å². The summed E-state index contributed by atoms with van der Waals surface area (Å²) < 4.78 is 27.0. The number of halogens is 2. The third kappa shape index (κ3) is 2.25. The first-order chi connectivity index (χ1) is 9.43. The van der Waals surface area contributed by atoms with Gasteiger partial charge < -0.3 is 5.11 Å². The Bertz CT molecular complexity index is 647. The number of aliphatic hydroxyl groups excluding tert-OH is 1. The van der Waals surface area contributed by atoms with E-state index in [4.69, 9.17) is 23.2 Å². The molecular weight excluding hydrogens is 321 g/mol. The van der Waals surface area contributed by atoms with Gasteiger partial charge in [-0.05, 0) is 42.9 Å². The number of nitrogens with zero attached hydrogens (tertiary/aromatic N) is 1. The third-order valence-corrected chi connectivity index (χ3v) is 6.95. The second-order valence-corrected chi connectivity index (χ2v) is 8.11. The number of rotatable bonds is 3. The molecule has 0 radical (unpaired) electrons. The average molecular weight is 336 g/mol. The van der Waals surface area contributed by atoms with Gasteiger partial charge in [-0.2, -0.15) is 4.31 Å². The number of aliphatic hydroxyl groups is 1. The largest absolute Gasteiger partial charge is 0.392 e. The monoisotopic (exact) mass is 335 g/mol. The van der Waals surface area contributed by atoms with Crippen molar-refractivity contribution in [1.29, 1.82) is 0 Å². The van der Waals surface area contributed by atoms with Crippen LogP contribution in [0.1, 0.15) is 24.8 Å². The highest BCUT2D eigenvalue weighted by molar-refractivity contribution is 7.89. The average Bonchev–Trinajstić information content (AvgIpc) is 3.01. The lowest BCUT2D eigenvalue weighted by Gasteiger charge is -2.26. The van der Waals surface area contributed by atoms with Gasteiger partial charge in [0.1, 0.15) is 4.90 Å². The first-order valence-electron chi connectivity index (χ1n) is 6.54. The van der Waals surface area contributed by atoms with Crippen molar-refractivity contribution < 1.29 is 13.5 Å². The minimum Gasteiger partial charge on any atom is -0.392 e. The number of hydrogen-bond donors (Lipinski definition) is 1. The molecule has 110 valence electrons. The summed E-state index contributed by atoms with van der Waals surface area (Å²) in [7, 11) is -3.62. The highest BCUT2D eigenvalue weighted by atomic mass is 35.5. The molecular formula is C13H15Cl2NO3S. The maximum Gasteiger partial charge on any atom is 0.244 e. The van der Waals surface area contributed by atoms with Gasteiger partial charge in [-0.3, -0.25) is 0 Å². The van der Waals surface area contributed by atoms with Gasteiger partial charge in [0.25, 0.3) is 0 Å². The summed E-state index contributed by atoms with van der Waals surface area (Å²) in [5, 5.41) is 9.62. The van der Waals surface area contributed by atoms with Crippen LogP contribution < -0.4 is 0 Å². The Balaban J connectivity index is 2.03.